The summed E-state index contributed by atoms with van der Waals surface area (Å²) >= 11 is 3.19. The molecule has 0 aliphatic carbocycles. The zero-order valence-corrected chi connectivity index (χ0v) is 12.2. The number of anilines is 2. The molecule has 0 aliphatic rings. The minimum atomic E-state index is -0.532. The Bertz CT molecular complexity index is 641. The predicted molar refractivity (Wildman–Crippen MR) is 79.5 cm³/mol. The van der Waals surface area contributed by atoms with Gasteiger partial charge in [-0.1, -0.05) is 12.1 Å². The van der Waals surface area contributed by atoms with E-state index in [-0.39, 0.29) is 17.0 Å². The number of benzene rings is 2. The molecule has 1 amide bonds. The summed E-state index contributed by atoms with van der Waals surface area (Å²) in [5.41, 5.74) is 6.38. The van der Waals surface area contributed by atoms with Gasteiger partial charge < -0.3 is 15.8 Å². The highest BCUT2D eigenvalue weighted by Gasteiger charge is 2.17. The summed E-state index contributed by atoms with van der Waals surface area (Å²) in [7, 11) is 1.42. The average Bonchev–Trinajstić information content (AvgIpc) is 2.42. The number of carbonyl (C=O) groups is 1. The Morgan fingerprint density at radius 2 is 2.00 bits per heavy atom. The first kappa shape index (κ1) is 14.3. The maximum atomic E-state index is 13.7. The SMILES string of the molecule is COc1c(N)cccc1C(=O)Nc1c(F)cccc1Br. The van der Waals surface area contributed by atoms with E-state index in [1.54, 1.807) is 24.3 Å². The molecule has 4 nitrogen and oxygen atoms in total. The van der Waals surface area contributed by atoms with Gasteiger partial charge in [0.05, 0.1) is 24.0 Å². The summed E-state index contributed by atoms with van der Waals surface area (Å²) in [5.74, 6) is -0.770. The van der Waals surface area contributed by atoms with Crippen molar-refractivity contribution in [1.82, 2.24) is 0 Å². The molecule has 20 heavy (non-hydrogen) atoms. The molecule has 2 aromatic carbocycles. The largest absolute Gasteiger partial charge is 0.494 e. The van der Waals surface area contributed by atoms with Crippen molar-refractivity contribution < 1.29 is 13.9 Å². The van der Waals surface area contributed by atoms with Gasteiger partial charge in [0.25, 0.3) is 5.91 Å². The van der Waals surface area contributed by atoms with Crippen LogP contribution >= 0.6 is 15.9 Å². The van der Waals surface area contributed by atoms with Crippen LogP contribution in [0.4, 0.5) is 15.8 Å². The van der Waals surface area contributed by atoms with Crippen molar-refractivity contribution in [2.45, 2.75) is 0 Å². The Morgan fingerprint density at radius 3 is 2.65 bits per heavy atom. The fourth-order valence-corrected chi connectivity index (χ4v) is 2.20. The van der Waals surface area contributed by atoms with Crippen LogP contribution in [0.5, 0.6) is 5.75 Å². The van der Waals surface area contributed by atoms with E-state index in [1.165, 1.54) is 19.2 Å². The van der Waals surface area contributed by atoms with Gasteiger partial charge >= 0.3 is 0 Å². The lowest BCUT2D eigenvalue weighted by Gasteiger charge is -2.12. The van der Waals surface area contributed by atoms with Gasteiger partial charge in [-0.25, -0.2) is 4.39 Å². The molecule has 3 N–H and O–H groups in total. The number of hydrogen-bond donors (Lipinski definition) is 2. The van der Waals surface area contributed by atoms with E-state index >= 15 is 0 Å². The van der Waals surface area contributed by atoms with E-state index in [9.17, 15) is 9.18 Å². The van der Waals surface area contributed by atoms with Crippen molar-refractivity contribution in [3.05, 3.63) is 52.3 Å². The number of halogens is 2. The van der Waals surface area contributed by atoms with Crippen molar-refractivity contribution in [2.75, 3.05) is 18.2 Å². The van der Waals surface area contributed by atoms with Crippen molar-refractivity contribution in [2.24, 2.45) is 0 Å². The summed E-state index contributed by atoms with van der Waals surface area (Å²) in [6.07, 6.45) is 0. The highest BCUT2D eigenvalue weighted by molar-refractivity contribution is 9.10. The minimum Gasteiger partial charge on any atom is -0.494 e. The van der Waals surface area contributed by atoms with Gasteiger partial charge in [0.1, 0.15) is 5.82 Å². The number of carbonyl (C=O) groups excluding carboxylic acids is 1. The number of methoxy groups -OCH3 is 1. The van der Waals surface area contributed by atoms with Crippen LogP contribution in [0.15, 0.2) is 40.9 Å². The molecule has 0 aromatic heterocycles. The van der Waals surface area contributed by atoms with Gasteiger partial charge in [-0.05, 0) is 40.2 Å². The molecule has 0 aliphatic heterocycles. The van der Waals surface area contributed by atoms with Crippen LogP contribution in [-0.4, -0.2) is 13.0 Å². The Morgan fingerprint density at radius 1 is 1.30 bits per heavy atom. The number of nitrogen functional groups attached to an aromatic ring is 1. The number of rotatable bonds is 3. The van der Waals surface area contributed by atoms with Gasteiger partial charge in [0.15, 0.2) is 5.75 Å². The van der Waals surface area contributed by atoms with Crippen LogP contribution in [0.1, 0.15) is 10.4 Å². The number of nitrogens with one attached hydrogen (secondary N) is 1. The van der Waals surface area contributed by atoms with Crippen LogP contribution in [0.3, 0.4) is 0 Å². The van der Waals surface area contributed by atoms with E-state index in [4.69, 9.17) is 10.5 Å². The number of amides is 1. The molecule has 0 spiro atoms. The van der Waals surface area contributed by atoms with Crippen LogP contribution in [0.25, 0.3) is 0 Å². The first-order valence-electron chi connectivity index (χ1n) is 5.72. The monoisotopic (exact) mass is 338 g/mol. The molecule has 0 atom stereocenters. The van der Waals surface area contributed by atoms with E-state index in [0.29, 0.717) is 10.2 Å². The Kier molecular flexibility index (Phi) is 4.24. The number of para-hydroxylation sites is 2. The normalized spacial score (nSPS) is 10.2. The molecule has 0 saturated carbocycles. The number of nitrogens with two attached hydrogens (primary N) is 1. The fraction of sp³-hybridized carbons (Fsp3) is 0.0714. The van der Waals surface area contributed by atoms with Gasteiger partial charge in [0.2, 0.25) is 0 Å². The third kappa shape index (κ3) is 2.75. The highest BCUT2D eigenvalue weighted by Crippen LogP contribution is 2.29. The second-order valence-electron chi connectivity index (χ2n) is 3.98. The lowest BCUT2D eigenvalue weighted by molar-refractivity contribution is 0.102. The van der Waals surface area contributed by atoms with Gasteiger partial charge in [-0.3, -0.25) is 4.79 Å². The van der Waals surface area contributed by atoms with E-state index in [1.807, 2.05) is 0 Å². The second-order valence-corrected chi connectivity index (χ2v) is 4.83. The Hall–Kier alpha value is -2.08. The zero-order chi connectivity index (χ0) is 14.7. The van der Waals surface area contributed by atoms with Gasteiger partial charge in [-0.2, -0.15) is 0 Å². The predicted octanol–water partition coefficient (Wildman–Crippen LogP) is 3.43. The standard InChI is InChI=1S/C14H12BrFN2O2/c1-20-13-8(4-2-7-11(13)17)14(19)18-12-9(15)5-3-6-10(12)16/h2-7H,17H2,1H3,(H,18,19). The molecule has 0 fully saturated rings. The average molecular weight is 339 g/mol. The lowest BCUT2D eigenvalue weighted by atomic mass is 10.1. The number of ether oxygens (including phenoxy) is 1. The maximum Gasteiger partial charge on any atom is 0.259 e. The molecule has 2 aromatic rings. The van der Waals surface area contributed by atoms with Gasteiger partial charge in [-0.15, -0.1) is 0 Å². The topological polar surface area (TPSA) is 64.3 Å². The molecule has 2 rings (SSSR count). The van der Waals surface area contributed by atoms with Crippen LogP contribution < -0.4 is 15.8 Å². The Balaban J connectivity index is 2.36. The minimum absolute atomic E-state index is 0.0713. The van der Waals surface area contributed by atoms with Crippen LogP contribution in [0.2, 0.25) is 0 Å². The van der Waals surface area contributed by atoms with Crippen molar-refractivity contribution in [1.29, 1.82) is 0 Å². The molecular weight excluding hydrogens is 327 g/mol. The van der Waals surface area contributed by atoms with Crippen LogP contribution in [0, 0.1) is 5.82 Å². The van der Waals surface area contributed by atoms with E-state index in [0.717, 1.165) is 0 Å². The van der Waals surface area contributed by atoms with Crippen LogP contribution in [-0.2, 0) is 0 Å². The van der Waals surface area contributed by atoms with E-state index < -0.39 is 11.7 Å². The maximum absolute atomic E-state index is 13.7. The first-order valence-corrected chi connectivity index (χ1v) is 6.51. The molecule has 104 valence electrons. The summed E-state index contributed by atoms with van der Waals surface area (Å²) < 4.78 is 19.2. The molecule has 0 unspecified atom stereocenters. The molecular formula is C14H12BrFN2O2. The first-order chi connectivity index (χ1) is 9.54. The smallest absolute Gasteiger partial charge is 0.259 e. The molecule has 6 heteroatoms. The Labute approximate surface area is 123 Å². The summed E-state index contributed by atoms with van der Waals surface area (Å²) in [6, 6.07) is 9.24. The highest BCUT2D eigenvalue weighted by atomic mass is 79.9. The summed E-state index contributed by atoms with van der Waals surface area (Å²) in [4.78, 5) is 12.2. The summed E-state index contributed by atoms with van der Waals surface area (Å²) in [6.45, 7) is 0. The quantitative estimate of drug-likeness (QED) is 0.842. The third-order valence-electron chi connectivity index (χ3n) is 2.70. The van der Waals surface area contributed by atoms with E-state index in [2.05, 4.69) is 21.2 Å². The van der Waals surface area contributed by atoms with Crippen molar-refractivity contribution in [3.63, 3.8) is 0 Å². The van der Waals surface area contributed by atoms with Crippen molar-refractivity contribution in [3.8, 4) is 5.75 Å². The summed E-state index contributed by atoms with van der Waals surface area (Å²) in [5, 5.41) is 2.50. The fourth-order valence-electron chi connectivity index (χ4n) is 1.76. The molecule has 0 saturated heterocycles. The zero-order valence-electron chi connectivity index (χ0n) is 10.6. The van der Waals surface area contributed by atoms with Gasteiger partial charge in [0, 0.05) is 4.47 Å². The van der Waals surface area contributed by atoms with Crippen molar-refractivity contribution >= 4 is 33.2 Å². The number of hydrogen-bond acceptors (Lipinski definition) is 3. The second kappa shape index (κ2) is 5.92. The molecule has 0 radical (unpaired) electrons. The lowest BCUT2D eigenvalue weighted by Crippen LogP contribution is -2.15. The molecule has 0 heterocycles. The third-order valence-corrected chi connectivity index (χ3v) is 3.36. The molecule has 0 bridgehead atoms.